The van der Waals surface area contributed by atoms with Crippen molar-refractivity contribution in [3.63, 3.8) is 0 Å². The lowest BCUT2D eigenvalue weighted by Crippen LogP contribution is -2.76. The van der Waals surface area contributed by atoms with Crippen molar-refractivity contribution < 1.29 is 98.4 Å². The van der Waals surface area contributed by atoms with E-state index in [1.165, 1.54) is 6.92 Å². The number of carbonyl (C=O) groups is 1. The summed E-state index contributed by atoms with van der Waals surface area (Å²) in [6.45, 7) is 4.60. The van der Waals surface area contributed by atoms with Gasteiger partial charge < -0.3 is 10.2 Å². The third-order valence-electron chi connectivity index (χ3n) is 3.49. The van der Waals surface area contributed by atoms with Crippen molar-refractivity contribution in [2.45, 2.75) is 60.7 Å². The van der Waals surface area contributed by atoms with Gasteiger partial charge in [-0.1, -0.05) is 6.58 Å². The molecule has 0 aliphatic rings. The summed E-state index contributed by atoms with van der Waals surface area (Å²) in [5.41, 5.74) is 0.176. The lowest BCUT2D eigenvalue weighted by Gasteiger charge is -2.43. The molecule has 0 aromatic rings. The zero-order valence-corrected chi connectivity index (χ0v) is 15.7. The van der Waals surface area contributed by atoms with Gasteiger partial charge in [-0.05, 0) is 6.92 Å². The molecule has 0 aliphatic heterocycles. The van der Waals surface area contributed by atoms with E-state index in [0.717, 1.165) is 0 Å². The minimum Gasteiger partial charge on any atom is -0.478 e. The lowest BCUT2D eigenvalue weighted by atomic mass is 9.88. The predicted octanol–water partition coefficient (Wildman–Crippen LogP) is 6.23. The first-order valence-corrected chi connectivity index (χ1v) is 7.35. The van der Waals surface area contributed by atoms with Crippen LogP contribution in [-0.4, -0.2) is 69.9 Å². The summed E-state index contributed by atoms with van der Waals surface area (Å²) < 4.78 is 237. The Hall–Kier alpha value is -2.16. The third kappa shape index (κ3) is 5.20. The van der Waals surface area contributed by atoms with Crippen LogP contribution in [0.5, 0.6) is 0 Å². The van der Waals surface area contributed by atoms with Crippen molar-refractivity contribution in [2.75, 3.05) is 0 Å². The summed E-state index contributed by atoms with van der Waals surface area (Å²) in [6, 6.07) is 0. The van der Waals surface area contributed by atoms with Crippen LogP contribution in [0.3, 0.4) is 0 Å². The molecule has 0 aromatic heterocycles. The van der Waals surface area contributed by atoms with Gasteiger partial charge in [-0.2, -0.15) is 83.4 Å². The van der Waals surface area contributed by atoms with Gasteiger partial charge in [-0.3, -0.25) is 0 Å². The predicted molar refractivity (Wildman–Crippen MR) is 70.3 cm³/mol. The first kappa shape index (κ1) is 35.0. The van der Waals surface area contributed by atoms with E-state index in [0.29, 0.717) is 0 Å². The Morgan fingerprint density at radius 3 is 0.914 bits per heavy atom. The average Bonchev–Trinajstić information content (AvgIpc) is 2.59. The fourth-order valence-corrected chi connectivity index (χ4v) is 1.36. The van der Waals surface area contributed by atoms with E-state index in [2.05, 4.69) is 6.58 Å². The highest BCUT2D eigenvalue weighted by Crippen LogP contribution is 2.64. The minimum absolute atomic E-state index is 0.176. The van der Waals surface area contributed by atoms with Crippen molar-refractivity contribution in [1.29, 1.82) is 0 Å². The van der Waals surface area contributed by atoms with Crippen molar-refractivity contribution in [1.82, 2.24) is 0 Å². The van der Waals surface area contributed by atoms with Gasteiger partial charge in [0, 0.05) is 5.57 Å². The number of hydrogen-bond acceptors (Lipinski definition) is 2. The smallest absolute Gasteiger partial charge is 0.460 e. The van der Waals surface area contributed by atoms with Crippen LogP contribution >= 0.6 is 0 Å². The Bertz CT molecular complexity index is 725. The molecule has 0 fully saturated rings. The fraction of sp³-hybridized carbons (Fsp3) is 0.769. The molecule has 1 unspecified atom stereocenters. The number of alkyl halides is 19. The van der Waals surface area contributed by atoms with Crippen LogP contribution in [0.15, 0.2) is 12.2 Å². The SMILES string of the molecule is C=C(C)C(=O)O.OC(F)(C(F)(F)C(F)(F)F)C(F)(F)C(F)(F)C(F)(F)C(F)(F)C(F)(F)C(F)(F)F. The van der Waals surface area contributed by atoms with Gasteiger partial charge >= 0.3 is 59.7 Å². The van der Waals surface area contributed by atoms with Gasteiger partial charge in [-0.25, -0.2) is 4.79 Å². The number of carboxylic acid groups (broad SMARTS) is 1. The van der Waals surface area contributed by atoms with Crippen molar-refractivity contribution in [2.24, 2.45) is 0 Å². The van der Waals surface area contributed by atoms with Crippen molar-refractivity contribution in [3.05, 3.63) is 12.2 Å². The first-order valence-electron chi connectivity index (χ1n) is 7.35. The molecule has 0 bridgehead atoms. The molecule has 0 amide bonds. The summed E-state index contributed by atoms with van der Waals surface area (Å²) in [5.74, 6) is -60.8. The second-order valence-electron chi connectivity index (χ2n) is 6.15. The molecule has 0 rings (SSSR count). The van der Waals surface area contributed by atoms with Crippen LogP contribution in [0, 0.1) is 0 Å². The van der Waals surface area contributed by atoms with Crippen LogP contribution in [0.4, 0.5) is 83.4 Å². The highest BCUT2D eigenvalue weighted by Gasteiger charge is 2.96. The molecule has 0 heterocycles. The topological polar surface area (TPSA) is 57.5 Å². The summed E-state index contributed by atoms with van der Waals surface area (Å²) in [5, 5.41) is 15.8. The number of aliphatic carboxylic acids is 1. The molecule has 35 heavy (non-hydrogen) atoms. The molecule has 0 spiro atoms. The molecular weight excluding hydrogens is 565 g/mol. The maximum atomic E-state index is 13.0. The number of hydrogen-bond donors (Lipinski definition) is 2. The van der Waals surface area contributed by atoms with Gasteiger partial charge in [0.25, 0.3) is 0 Å². The second kappa shape index (κ2) is 9.05. The first-order chi connectivity index (χ1) is 14.6. The van der Waals surface area contributed by atoms with Gasteiger partial charge in [-0.15, -0.1) is 0 Å². The van der Waals surface area contributed by atoms with Gasteiger partial charge in [0.2, 0.25) is 0 Å². The van der Waals surface area contributed by atoms with E-state index in [9.17, 15) is 88.2 Å². The average molecular weight is 572 g/mol. The van der Waals surface area contributed by atoms with E-state index in [4.69, 9.17) is 10.2 Å². The Labute approximate surface area is 178 Å². The molecule has 3 nitrogen and oxygen atoms in total. The van der Waals surface area contributed by atoms with E-state index in [1.54, 1.807) is 0 Å². The van der Waals surface area contributed by atoms with Crippen molar-refractivity contribution in [3.8, 4) is 0 Å². The van der Waals surface area contributed by atoms with Crippen LogP contribution in [-0.2, 0) is 4.79 Å². The molecule has 0 aliphatic carbocycles. The summed E-state index contributed by atoms with van der Waals surface area (Å²) in [6.07, 6.45) is -15.7. The molecule has 0 saturated carbocycles. The van der Waals surface area contributed by atoms with E-state index >= 15 is 0 Å². The monoisotopic (exact) mass is 572 g/mol. The Balaban J connectivity index is 0. The number of aliphatic hydroxyl groups is 1. The molecule has 0 aromatic carbocycles. The van der Waals surface area contributed by atoms with Crippen LogP contribution in [0.25, 0.3) is 0 Å². The van der Waals surface area contributed by atoms with Gasteiger partial charge in [0.1, 0.15) is 0 Å². The Morgan fingerprint density at radius 1 is 0.514 bits per heavy atom. The highest BCUT2D eigenvalue weighted by molar-refractivity contribution is 5.84. The van der Waals surface area contributed by atoms with Crippen LogP contribution in [0.1, 0.15) is 6.92 Å². The quantitative estimate of drug-likeness (QED) is 0.281. The molecule has 0 saturated heterocycles. The summed E-state index contributed by atoms with van der Waals surface area (Å²) >= 11 is 0. The zero-order chi connectivity index (χ0) is 29.7. The largest absolute Gasteiger partial charge is 0.478 e. The van der Waals surface area contributed by atoms with Gasteiger partial charge in [0.15, 0.2) is 0 Å². The standard InChI is InChI=1S/C9HF19O.C4H6O2/c10-1(11,3(14,15)5(18,19)8(23,24)25)2(12,13)4(16,17)7(22,29)6(20,21)9(26,27)28;1-3(2)4(5)6/h29H;1H2,2H3,(H,5,6). The number of halogens is 19. The highest BCUT2D eigenvalue weighted by atomic mass is 19.4. The molecule has 0 radical (unpaired) electrons. The maximum absolute atomic E-state index is 13.0. The minimum atomic E-state index is -8.89. The molecule has 210 valence electrons. The van der Waals surface area contributed by atoms with Crippen LogP contribution in [0.2, 0.25) is 0 Å². The lowest BCUT2D eigenvalue weighted by molar-refractivity contribution is -0.484. The van der Waals surface area contributed by atoms with Crippen molar-refractivity contribution >= 4 is 5.97 Å². The van der Waals surface area contributed by atoms with Crippen LogP contribution < -0.4 is 0 Å². The fourth-order valence-electron chi connectivity index (χ4n) is 1.36. The second-order valence-corrected chi connectivity index (χ2v) is 6.15. The molecule has 2 N–H and O–H groups in total. The van der Waals surface area contributed by atoms with Gasteiger partial charge in [0.05, 0.1) is 0 Å². The number of rotatable bonds is 7. The van der Waals surface area contributed by atoms with E-state index < -0.39 is 59.7 Å². The molecule has 22 heteroatoms. The summed E-state index contributed by atoms with van der Waals surface area (Å²) in [4.78, 5) is 9.60. The normalized spacial score (nSPS) is 16.7. The van der Waals surface area contributed by atoms with E-state index in [1.807, 2.05) is 0 Å². The zero-order valence-electron chi connectivity index (χ0n) is 15.7. The number of carboxylic acids is 1. The maximum Gasteiger partial charge on any atom is 0.460 e. The van der Waals surface area contributed by atoms with E-state index in [-0.39, 0.29) is 5.57 Å². The molecule has 1 atom stereocenters. The Morgan fingerprint density at radius 2 is 0.714 bits per heavy atom. The third-order valence-corrected chi connectivity index (χ3v) is 3.49. The Kier molecular flexibility index (Phi) is 9.05. The summed E-state index contributed by atoms with van der Waals surface area (Å²) in [7, 11) is 0. The molecular formula is C13H7F19O3.